The molecule has 3 amide bonds. The van der Waals surface area contributed by atoms with Gasteiger partial charge in [0.15, 0.2) is 6.04 Å². The highest BCUT2D eigenvalue weighted by atomic mass is 16.5. The average molecular weight is 285 g/mol. The fraction of sp³-hybridized carbons (Fsp3) is 0.750. The van der Waals surface area contributed by atoms with Crippen molar-refractivity contribution in [2.45, 2.75) is 31.3 Å². The van der Waals surface area contributed by atoms with Gasteiger partial charge in [0.2, 0.25) is 5.91 Å². The Morgan fingerprint density at radius 3 is 2.70 bits per heavy atom. The van der Waals surface area contributed by atoms with Crippen molar-refractivity contribution in [3.05, 3.63) is 0 Å². The number of ether oxygens (including phenoxy) is 1. The van der Waals surface area contributed by atoms with E-state index in [9.17, 15) is 14.4 Å². The van der Waals surface area contributed by atoms with E-state index >= 15 is 0 Å². The summed E-state index contributed by atoms with van der Waals surface area (Å²) in [6.45, 7) is 0.739. The Morgan fingerprint density at radius 1 is 1.30 bits per heavy atom. The second kappa shape index (κ2) is 6.56. The molecule has 3 N–H and O–H groups in total. The molecular formula is C12H19N3O5. The van der Waals surface area contributed by atoms with Crippen molar-refractivity contribution >= 4 is 17.9 Å². The summed E-state index contributed by atoms with van der Waals surface area (Å²) in [4.78, 5) is 35.6. The lowest BCUT2D eigenvalue weighted by atomic mass is 10.2. The van der Waals surface area contributed by atoms with Crippen LogP contribution in [0.3, 0.4) is 0 Å². The molecule has 1 atom stereocenters. The van der Waals surface area contributed by atoms with E-state index in [1.807, 2.05) is 0 Å². The minimum Gasteiger partial charge on any atom is -0.480 e. The quantitative estimate of drug-likeness (QED) is 0.610. The van der Waals surface area contributed by atoms with Crippen LogP contribution in [-0.2, 0) is 14.3 Å². The summed E-state index contributed by atoms with van der Waals surface area (Å²) >= 11 is 0. The zero-order valence-corrected chi connectivity index (χ0v) is 11.1. The topological polar surface area (TPSA) is 108 Å². The number of hydrogen-bond acceptors (Lipinski definition) is 4. The van der Waals surface area contributed by atoms with Gasteiger partial charge >= 0.3 is 12.0 Å². The van der Waals surface area contributed by atoms with Crippen molar-refractivity contribution in [3.63, 3.8) is 0 Å². The van der Waals surface area contributed by atoms with Gasteiger partial charge in [-0.25, -0.2) is 9.59 Å². The molecule has 2 fully saturated rings. The lowest BCUT2D eigenvalue weighted by molar-refractivity contribution is -0.147. The first-order valence-corrected chi connectivity index (χ1v) is 6.72. The molecule has 1 heterocycles. The van der Waals surface area contributed by atoms with Crippen molar-refractivity contribution in [2.24, 2.45) is 0 Å². The number of hydrogen-bond donors (Lipinski definition) is 3. The van der Waals surface area contributed by atoms with Gasteiger partial charge in [0.05, 0.1) is 13.2 Å². The van der Waals surface area contributed by atoms with Crippen LogP contribution >= 0.6 is 0 Å². The molecule has 20 heavy (non-hydrogen) atoms. The first kappa shape index (κ1) is 14.6. The monoisotopic (exact) mass is 285 g/mol. The predicted octanol–water partition coefficient (Wildman–Crippen LogP) is -0.850. The van der Waals surface area contributed by atoms with Crippen LogP contribution in [0, 0.1) is 0 Å². The molecule has 1 aliphatic carbocycles. The smallest absolute Gasteiger partial charge is 0.328 e. The summed E-state index contributed by atoms with van der Waals surface area (Å²) in [6, 6.07) is -1.14. The van der Waals surface area contributed by atoms with Gasteiger partial charge in [-0.15, -0.1) is 0 Å². The van der Waals surface area contributed by atoms with Crippen molar-refractivity contribution in [2.75, 3.05) is 26.3 Å². The minimum atomic E-state index is -1.09. The molecule has 0 spiro atoms. The maximum Gasteiger partial charge on any atom is 0.328 e. The van der Waals surface area contributed by atoms with Crippen molar-refractivity contribution < 1.29 is 24.2 Å². The molecule has 8 nitrogen and oxygen atoms in total. The van der Waals surface area contributed by atoms with Crippen molar-refractivity contribution in [1.82, 2.24) is 15.5 Å². The first-order valence-electron chi connectivity index (χ1n) is 6.72. The Labute approximate surface area is 116 Å². The van der Waals surface area contributed by atoms with Crippen LogP contribution < -0.4 is 10.6 Å². The lowest BCUT2D eigenvalue weighted by Gasteiger charge is -2.32. The summed E-state index contributed by atoms with van der Waals surface area (Å²) in [7, 11) is 0. The summed E-state index contributed by atoms with van der Waals surface area (Å²) in [5, 5.41) is 14.4. The molecule has 0 aromatic rings. The number of nitrogens with one attached hydrogen (secondary N) is 2. The average Bonchev–Trinajstić information content (AvgIpc) is 3.22. The summed E-state index contributed by atoms with van der Waals surface area (Å²) in [6.07, 6.45) is 2.24. The number of aliphatic carboxylic acids is 1. The highest BCUT2D eigenvalue weighted by Gasteiger charge is 2.32. The molecule has 2 rings (SSSR count). The first-order chi connectivity index (χ1) is 9.58. The second-order valence-corrected chi connectivity index (χ2v) is 4.95. The molecule has 0 radical (unpaired) electrons. The van der Waals surface area contributed by atoms with Crippen LogP contribution in [0.15, 0.2) is 0 Å². The Morgan fingerprint density at radius 2 is 2.05 bits per heavy atom. The van der Waals surface area contributed by atoms with Gasteiger partial charge in [-0.1, -0.05) is 0 Å². The third-order valence-corrected chi connectivity index (χ3v) is 3.25. The van der Waals surface area contributed by atoms with Gasteiger partial charge < -0.3 is 25.4 Å². The lowest BCUT2D eigenvalue weighted by Crippen LogP contribution is -2.55. The van der Waals surface area contributed by atoms with Crippen LogP contribution in [-0.4, -0.2) is 66.3 Å². The largest absolute Gasteiger partial charge is 0.480 e. The van der Waals surface area contributed by atoms with Crippen molar-refractivity contribution in [3.8, 4) is 0 Å². The minimum absolute atomic E-state index is 0.00901. The molecule has 1 unspecified atom stereocenters. The van der Waals surface area contributed by atoms with Crippen LogP contribution in [0.25, 0.3) is 0 Å². The second-order valence-electron chi connectivity index (χ2n) is 4.95. The van der Waals surface area contributed by atoms with Gasteiger partial charge in [0, 0.05) is 25.6 Å². The van der Waals surface area contributed by atoms with E-state index in [4.69, 9.17) is 9.84 Å². The van der Waals surface area contributed by atoms with Gasteiger partial charge in [0.25, 0.3) is 0 Å². The molecule has 1 saturated carbocycles. The third kappa shape index (κ3) is 4.09. The van der Waals surface area contributed by atoms with Crippen LogP contribution in [0.4, 0.5) is 4.79 Å². The van der Waals surface area contributed by atoms with Gasteiger partial charge in [-0.3, -0.25) is 4.79 Å². The van der Waals surface area contributed by atoms with E-state index in [0.29, 0.717) is 12.6 Å². The molecular weight excluding hydrogens is 266 g/mol. The Hall–Kier alpha value is -1.83. The zero-order chi connectivity index (χ0) is 14.5. The van der Waals surface area contributed by atoms with Gasteiger partial charge in [-0.05, 0) is 12.8 Å². The highest BCUT2D eigenvalue weighted by molar-refractivity contribution is 5.83. The molecule has 0 aromatic heterocycles. The third-order valence-electron chi connectivity index (χ3n) is 3.25. The normalized spacial score (nSPS) is 22.2. The number of amides is 3. The number of carbonyl (C=O) groups excluding carboxylic acids is 2. The SMILES string of the molecule is O=C(CCNC(=O)N1CCOCC1C(=O)O)NC1CC1. The number of carbonyl (C=O) groups is 3. The van der Waals surface area contributed by atoms with E-state index in [-0.39, 0.29) is 32.0 Å². The number of urea groups is 1. The standard InChI is InChI=1S/C12H19N3O5/c16-10(14-8-1-2-8)3-4-13-12(19)15-5-6-20-7-9(15)11(17)18/h8-9H,1-7H2,(H,13,19)(H,14,16)(H,17,18). The maximum atomic E-state index is 11.9. The van der Waals surface area contributed by atoms with Crippen LogP contribution in [0.2, 0.25) is 0 Å². The molecule has 0 bridgehead atoms. The van der Waals surface area contributed by atoms with Crippen LogP contribution in [0.5, 0.6) is 0 Å². The van der Waals surface area contributed by atoms with E-state index in [2.05, 4.69) is 10.6 Å². The summed E-state index contributed by atoms with van der Waals surface area (Å²) in [5.74, 6) is -1.18. The number of carboxylic acid groups (broad SMARTS) is 1. The van der Waals surface area contributed by atoms with E-state index in [0.717, 1.165) is 12.8 Å². The molecule has 8 heteroatoms. The molecule has 1 saturated heterocycles. The molecule has 112 valence electrons. The van der Waals surface area contributed by atoms with E-state index < -0.39 is 18.0 Å². The Balaban J connectivity index is 1.72. The number of morpholine rings is 1. The molecule has 0 aromatic carbocycles. The van der Waals surface area contributed by atoms with Crippen LogP contribution in [0.1, 0.15) is 19.3 Å². The molecule has 2 aliphatic rings. The fourth-order valence-electron chi connectivity index (χ4n) is 1.96. The number of carboxylic acids is 1. The predicted molar refractivity (Wildman–Crippen MR) is 68.1 cm³/mol. The molecule has 1 aliphatic heterocycles. The highest BCUT2D eigenvalue weighted by Crippen LogP contribution is 2.18. The van der Waals surface area contributed by atoms with Crippen molar-refractivity contribution in [1.29, 1.82) is 0 Å². The summed E-state index contributed by atoms with van der Waals surface area (Å²) < 4.78 is 5.05. The number of nitrogens with zero attached hydrogens (tertiary/aromatic N) is 1. The fourth-order valence-corrected chi connectivity index (χ4v) is 1.96. The Bertz CT molecular complexity index is 397. The van der Waals surface area contributed by atoms with E-state index in [1.54, 1.807) is 0 Å². The zero-order valence-electron chi connectivity index (χ0n) is 11.1. The summed E-state index contributed by atoms with van der Waals surface area (Å²) in [5.41, 5.74) is 0. The van der Waals surface area contributed by atoms with E-state index in [1.165, 1.54) is 4.90 Å². The Kier molecular flexibility index (Phi) is 4.78. The number of rotatable bonds is 5. The van der Waals surface area contributed by atoms with Gasteiger partial charge in [-0.2, -0.15) is 0 Å². The maximum absolute atomic E-state index is 11.9. The van der Waals surface area contributed by atoms with Gasteiger partial charge in [0.1, 0.15) is 0 Å².